The highest BCUT2D eigenvalue weighted by Crippen LogP contribution is 2.43. The number of methoxy groups -OCH3 is 4. The number of aromatic nitrogens is 1. The summed E-state index contributed by atoms with van der Waals surface area (Å²) in [7, 11) is 8.67. The fourth-order valence-electron chi connectivity index (χ4n) is 3.64. The van der Waals surface area contributed by atoms with Gasteiger partial charge in [0.2, 0.25) is 0 Å². The van der Waals surface area contributed by atoms with E-state index < -0.39 is 0 Å². The summed E-state index contributed by atoms with van der Waals surface area (Å²) in [5.74, 6) is 2.84. The van der Waals surface area contributed by atoms with E-state index in [-0.39, 0.29) is 0 Å². The van der Waals surface area contributed by atoms with Crippen molar-refractivity contribution in [3.63, 3.8) is 0 Å². The van der Waals surface area contributed by atoms with Crippen molar-refractivity contribution in [3.05, 3.63) is 47.8 Å². The Kier molecular flexibility index (Phi) is 5.54. The van der Waals surface area contributed by atoms with E-state index in [9.17, 15) is 0 Å². The molecule has 0 aliphatic rings. The van der Waals surface area contributed by atoms with E-state index in [0.717, 1.165) is 22.3 Å². The van der Waals surface area contributed by atoms with E-state index in [4.69, 9.17) is 18.9 Å². The quantitative estimate of drug-likeness (QED) is 0.602. The van der Waals surface area contributed by atoms with Gasteiger partial charge in [-0.3, -0.25) is 0 Å². The molecule has 0 unspecified atom stereocenters. The Morgan fingerprint density at radius 3 is 1.25 bits per heavy atom. The van der Waals surface area contributed by atoms with Crippen LogP contribution in [0.25, 0.3) is 22.3 Å². The Bertz CT molecular complexity index is 925. The van der Waals surface area contributed by atoms with E-state index in [1.807, 2.05) is 24.3 Å². The van der Waals surface area contributed by atoms with Gasteiger partial charge >= 0.3 is 0 Å². The molecule has 28 heavy (non-hydrogen) atoms. The number of hydrogen-bond acceptors (Lipinski definition) is 4. The molecule has 3 rings (SSSR count). The molecule has 1 heterocycles. The first-order chi connectivity index (χ1) is 13.5. The highest BCUT2D eigenvalue weighted by atomic mass is 16.5. The zero-order valence-corrected chi connectivity index (χ0v) is 17.5. The predicted octanol–water partition coefficient (Wildman–Crippen LogP) is 5.01. The Labute approximate surface area is 166 Å². The lowest BCUT2D eigenvalue weighted by Crippen LogP contribution is -1.94. The molecule has 2 aromatic carbocycles. The Balaban J connectivity index is 2.27. The van der Waals surface area contributed by atoms with Gasteiger partial charge in [0.1, 0.15) is 0 Å². The summed E-state index contributed by atoms with van der Waals surface area (Å²) < 4.78 is 24.0. The molecule has 0 atom stereocenters. The summed E-state index contributed by atoms with van der Waals surface area (Å²) in [6.45, 7) is 4.26. The molecular weight excluding hydrogens is 354 g/mol. The number of rotatable bonds is 6. The maximum absolute atomic E-state index is 5.52. The lowest BCUT2D eigenvalue weighted by Gasteiger charge is -2.13. The van der Waals surface area contributed by atoms with Gasteiger partial charge in [0.05, 0.1) is 28.4 Å². The molecule has 0 radical (unpaired) electrons. The molecule has 0 saturated carbocycles. The smallest absolute Gasteiger partial charge is 0.161 e. The Hall–Kier alpha value is -3.08. The first-order valence-electron chi connectivity index (χ1n) is 9.07. The molecule has 0 spiro atoms. The molecule has 0 N–H and O–H groups in total. The summed E-state index contributed by atoms with van der Waals surface area (Å²) >= 11 is 0. The van der Waals surface area contributed by atoms with E-state index in [1.54, 1.807) is 28.4 Å². The summed E-state index contributed by atoms with van der Waals surface area (Å²) in [6, 6.07) is 12.0. The van der Waals surface area contributed by atoms with E-state index in [0.29, 0.717) is 23.0 Å². The van der Waals surface area contributed by atoms with Gasteiger partial charge in [-0.15, -0.1) is 0 Å². The maximum Gasteiger partial charge on any atom is 0.161 e. The van der Waals surface area contributed by atoms with Crippen LogP contribution < -0.4 is 18.9 Å². The molecule has 1 aromatic heterocycles. The van der Waals surface area contributed by atoms with Crippen LogP contribution in [0.1, 0.15) is 11.4 Å². The van der Waals surface area contributed by atoms with Crippen LogP contribution in [0.4, 0.5) is 0 Å². The van der Waals surface area contributed by atoms with Crippen LogP contribution in [0.15, 0.2) is 36.4 Å². The number of ether oxygens (including phenoxy) is 4. The third kappa shape index (κ3) is 3.17. The second-order valence-corrected chi connectivity index (χ2v) is 6.62. The van der Waals surface area contributed by atoms with Crippen molar-refractivity contribution in [2.45, 2.75) is 13.8 Å². The maximum atomic E-state index is 5.52. The van der Waals surface area contributed by atoms with Crippen molar-refractivity contribution in [2.75, 3.05) is 28.4 Å². The van der Waals surface area contributed by atoms with Gasteiger partial charge in [-0.2, -0.15) is 0 Å². The molecule has 0 aliphatic heterocycles. The second-order valence-electron chi connectivity index (χ2n) is 6.62. The van der Waals surface area contributed by atoms with E-state index >= 15 is 0 Å². The molecule has 5 nitrogen and oxygen atoms in total. The van der Waals surface area contributed by atoms with E-state index in [2.05, 4.69) is 37.6 Å². The Morgan fingerprint density at radius 2 is 0.929 bits per heavy atom. The molecule has 0 fully saturated rings. The molecule has 0 aliphatic carbocycles. The van der Waals surface area contributed by atoms with Gasteiger partial charge in [0.25, 0.3) is 0 Å². The largest absolute Gasteiger partial charge is 0.493 e. The minimum atomic E-state index is 0.708. The minimum absolute atomic E-state index is 0.708. The van der Waals surface area contributed by atoms with Crippen molar-refractivity contribution in [3.8, 4) is 45.3 Å². The number of benzene rings is 2. The third-order valence-corrected chi connectivity index (χ3v) is 5.32. The van der Waals surface area contributed by atoms with Gasteiger partial charge in [-0.1, -0.05) is 12.1 Å². The predicted molar refractivity (Wildman–Crippen MR) is 112 cm³/mol. The normalized spacial score (nSPS) is 10.7. The van der Waals surface area contributed by atoms with Crippen LogP contribution in [-0.4, -0.2) is 33.0 Å². The second kappa shape index (κ2) is 7.89. The number of nitrogens with zero attached hydrogens (tertiary/aromatic N) is 1. The highest BCUT2D eigenvalue weighted by Gasteiger charge is 2.21. The molecule has 148 valence electrons. The summed E-state index contributed by atoms with van der Waals surface area (Å²) in [5, 5.41) is 0. The molecule has 0 bridgehead atoms. The van der Waals surface area contributed by atoms with Crippen LogP contribution in [0.3, 0.4) is 0 Å². The summed E-state index contributed by atoms with van der Waals surface area (Å²) in [6.07, 6.45) is 0. The van der Waals surface area contributed by atoms with Gasteiger partial charge < -0.3 is 23.5 Å². The van der Waals surface area contributed by atoms with Gasteiger partial charge in [0.15, 0.2) is 23.0 Å². The van der Waals surface area contributed by atoms with Crippen molar-refractivity contribution >= 4 is 0 Å². The van der Waals surface area contributed by atoms with Gasteiger partial charge in [0, 0.05) is 29.6 Å². The SMILES string of the molecule is COc1ccc(-c2c(-c3ccc(OC)c(OC)c3)c(C)n(C)c2C)cc1OC. The first-order valence-corrected chi connectivity index (χ1v) is 9.07. The van der Waals surface area contributed by atoms with Crippen molar-refractivity contribution in [1.29, 1.82) is 0 Å². The average Bonchev–Trinajstić information content (AvgIpc) is 2.96. The summed E-state index contributed by atoms with van der Waals surface area (Å²) in [5.41, 5.74) is 6.82. The van der Waals surface area contributed by atoms with Crippen LogP contribution >= 0.6 is 0 Å². The standard InChI is InChI=1S/C23H27NO4/c1-14-22(16-8-10-18(25-4)20(12-16)27-6)23(15(2)24(14)3)17-9-11-19(26-5)21(13-17)28-7/h8-13H,1-7H3. The average molecular weight is 381 g/mol. The van der Waals surface area contributed by atoms with Crippen LogP contribution in [-0.2, 0) is 7.05 Å². The lowest BCUT2D eigenvalue weighted by molar-refractivity contribution is 0.355. The number of hydrogen-bond donors (Lipinski definition) is 0. The lowest BCUT2D eigenvalue weighted by atomic mass is 9.94. The fourth-order valence-corrected chi connectivity index (χ4v) is 3.64. The zero-order chi connectivity index (χ0) is 20.4. The van der Waals surface area contributed by atoms with Crippen LogP contribution in [0.2, 0.25) is 0 Å². The van der Waals surface area contributed by atoms with Gasteiger partial charge in [-0.05, 0) is 49.2 Å². The topological polar surface area (TPSA) is 41.9 Å². The van der Waals surface area contributed by atoms with Crippen LogP contribution in [0, 0.1) is 13.8 Å². The van der Waals surface area contributed by atoms with Crippen molar-refractivity contribution in [2.24, 2.45) is 7.05 Å². The van der Waals surface area contributed by atoms with Crippen LogP contribution in [0.5, 0.6) is 23.0 Å². The van der Waals surface area contributed by atoms with Crippen molar-refractivity contribution < 1.29 is 18.9 Å². The molecule has 0 amide bonds. The highest BCUT2D eigenvalue weighted by molar-refractivity contribution is 5.89. The van der Waals surface area contributed by atoms with Crippen molar-refractivity contribution in [1.82, 2.24) is 4.57 Å². The van der Waals surface area contributed by atoms with E-state index in [1.165, 1.54) is 11.4 Å². The first kappa shape index (κ1) is 19.7. The molecule has 3 aromatic rings. The monoisotopic (exact) mass is 381 g/mol. The Morgan fingerprint density at radius 1 is 0.571 bits per heavy atom. The fraction of sp³-hybridized carbons (Fsp3) is 0.304. The van der Waals surface area contributed by atoms with Gasteiger partial charge in [-0.25, -0.2) is 0 Å². The third-order valence-electron chi connectivity index (χ3n) is 5.32. The molecule has 0 saturated heterocycles. The molecular formula is C23H27NO4. The minimum Gasteiger partial charge on any atom is -0.493 e. The summed E-state index contributed by atoms with van der Waals surface area (Å²) in [4.78, 5) is 0. The zero-order valence-electron chi connectivity index (χ0n) is 17.5. The molecule has 5 heteroatoms.